The first-order valence-corrected chi connectivity index (χ1v) is 9.80. The van der Waals surface area contributed by atoms with Crippen LogP contribution in [0.4, 0.5) is 5.69 Å². The minimum atomic E-state index is -0.647. The van der Waals surface area contributed by atoms with Gasteiger partial charge in [0.15, 0.2) is 0 Å². The van der Waals surface area contributed by atoms with E-state index in [4.69, 9.17) is 4.74 Å². The van der Waals surface area contributed by atoms with Gasteiger partial charge in [0.1, 0.15) is 5.60 Å². The molecule has 2 amide bonds. The van der Waals surface area contributed by atoms with Gasteiger partial charge in [0.25, 0.3) is 5.91 Å². The minimum Gasteiger partial charge on any atom is -0.458 e. The van der Waals surface area contributed by atoms with Gasteiger partial charge in [-0.1, -0.05) is 26.3 Å². The lowest BCUT2D eigenvalue weighted by Crippen LogP contribution is -2.43. The summed E-state index contributed by atoms with van der Waals surface area (Å²) >= 11 is 0. The molecular weight excluding hydrogens is 344 g/mol. The summed E-state index contributed by atoms with van der Waals surface area (Å²) in [7, 11) is 0. The lowest BCUT2D eigenvalue weighted by molar-refractivity contribution is -0.153. The molecule has 1 aromatic carbocycles. The van der Waals surface area contributed by atoms with Gasteiger partial charge in [-0.25, -0.2) is 0 Å². The lowest BCUT2D eigenvalue weighted by atomic mass is 9.75. The van der Waals surface area contributed by atoms with Crippen molar-refractivity contribution in [1.82, 2.24) is 5.32 Å². The molecule has 0 radical (unpaired) electrons. The van der Waals surface area contributed by atoms with Gasteiger partial charge in [-0.05, 0) is 49.8 Å². The zero-order chi connectivity index (χ0) is 19.4. The fourth-order valence-corrected chi connectivity index (χ4v) is 3.99. The van der Waals surface area contributed by atoms with Crippen molar-refractivity contribution < 1.29 is 19.1 Å². The number of ether oxygens (including phenoxy) is 1. The average Bonchev–Trinajstić information content (AvgIpc) is 2.96. The van der Waals surface area contributed by atoms with Gasteiger partial charge in [-0.3, -0.25) is 14.4 Å². The second-order valence-electron chi connectivity index (χ2n) is 8.03. The van der Waals surface area contributed by atoms with Gasteiger partial charge in [0.2, 0.25) is 5.91 Å². The quantitative estimate of drug-likeness (QED) is 0.777. The number of carbonyl (C=O) groups excluding carboxylic acids is 3. The van der Waals surface area contributed by atoms with E-state index in [9.17, 15) is 14.4 Å². The van der Waals surface area contributed by atoms with Crippen molar-refractivity contribution >= 4 is 23.5 Å². The summed E-state index contributed by atoms with van der Waals surface area (Å²) in [6, 6.07) is 6.88. The van der Waals surface area contributed by atoms with Crippen LogP contribution in [0.15, 0.2) is 24.3 Å². The molecule has 2 fully saturated rings. The van der Waals surface area contributed by atoms with Crippen LogP contribution in [-0.2, 0) is 14.3 Å². The van der Waals surface area contributed by atoms with Gasteiger partial charge >= 0.3 is 5.97 Å². The highest BCUT2D eigenvalue weighted by atomic mass is 16.6. The van der Waals surface area contributed by atoms with Crippen molar-refractivity contribution in [1.29, 1.82) is 0 Å². The van der Waals surface area contributed by atoms with E-state index >= 15 is 0 Å². The molecule has 1 aliphatic carbocycles. The van der Waals surface area contributed by atoms with Crippen LogP contribution in [0.1, 0.15) is 62.7 Å². The molecule has 146 valence electrons. The maximum Gasteiger partial charge on any atom is 0.307 e. The summed E-state index contributed by atoms with van der Waals surface area (Å²) in [4.78, 5) is 37.0. The number of nitrogens with one attached hydrogen (secondary N) is 2. The summed E-state index contributed by atoms with van der Waals surface area (Å²) in [5.41, 5.74) is 0.410. The predicted molar refractivity (Wildman–Crippen MR) is 102 cm³/mol. The van der Waals surface area contributed by atoms with E-state index in [1.807, 2.05) is 13.8 Å². The summed E-state index contributed by atoms with van der Waals surface area (Å²) in [5, 5.41) is 5.76. The van der Waals surface area contributed by atoms with Crippen molar-refractivity contribution in [3.05, 3.63) is 29.8 Å². The largest absolute Gasteiger partial charge is 0.458 e. The average molecular weight is 372 g/mol. The maximum atomic E-state index is 12.9. The van der Waals surface area contributed by atoms with Crippen LogP contribution in [0.25, 0.3) is 0 Å². The van der Waals surface area contributed by atoms with Crippen molar-refractivity contribution in [3.63, 3.8) is 0 Å². The van der Waals surface area contributed by atoms with Gasteiger partial charge < -0.3 is 15.4 Å². The summed E-state index contributed by atoms with van der Waals surface area (Å²) in [6.07, 6.45) is 4.68. The number of rotatable bonds is 5. The molecule has 0 bridgehead atoms. The van der Waals surface area contributed by atoms with E-state index in [0.717, 1.165) is 32.1 Å². The molecule has 1 aromatic rings. The fraction of sp³-hybridized carbons (Fsp3) is 0.571. The SMILES string of the molecule is CC(C)CNC(=O)c1cccc(NC(=O)C2CC(=O)OC23CCCCC3)c1. The summed E-state index contributed by atoms with van der Waals surface area (Å²) in [5.74, 6) is -0.767. The topological polar surface area (TPSA) is 84.5 Å². The smallest absolute Gasteiger partial charge is 0.307 e. The second-order valence-corrected chi connectivity index (χ2v) is 8.03. The Morgan fingerprint density at radius 1 is 1.22 bits per heavy atom. The van der Waals surface area contributed by atoms with Crippen LogP contribution >= 0.6 is 0 Å². The molecule has 27 heavy (non-hydrogen) atoms. The molecule has 1 unspecified atom stereocenters. The highest BCUT2D eigenvalue weighted by Crippen LogP contribution is 2.44. The molecule has 2 N–H and O–H groups in total. The number of benzene rings is 1. The van der Waals surface area contributed by atoms with Gasteiger partial charge in [-0.15, -0.1) is 0 Å². The second kappa shape index (κ2) is 8.11. The van der Waals surface area contributed by atoms with E-state index in [-0.39, 0.29) is 24.2 Å². The Bertz CT molecular complexity index is 723. The van der Waals surface area contributed by atoms with Gasteiger partial charge in [0.05, 0.1) is 12.3 Å². The number of amides is 2. The maximum absolute atomic E-state index is 12.9. The molecule has 1 saturated heterocycles. The van der Waals surface area contributed by atoms with Crippen molar-refractivity contribution in [2.24, 2.45) is 11.8 Å². The molecule has 3 rings (SSSR count). The normalized spacial score (nSPS) is 21.1. The van der Waals surface area contributed by atoms with Gasteiger partial charge in [0, 0.05) is 17.8 Å². The first-order chi connectivity index (χ1) is 12.9. The molecule has 1 spiro atoms. The summed E-state index contributed by atoms with van der Waals surface area (Å²) < 4.78 is 5.61. The summed E-state index contributed by atoms with van der Waals surface area (Å²) in [6.45, 7) is 4.66. The van der Waals surface area contributed by atoms with Crippen LogP contribution in [0.3, 0.4) is 0 Å². The van der Waals surface area contributed by atoms with Crippen molar-refractivity contribution in [2.45, 2.75) is 58.0 Å². The minimum absolute atomic E-state index is 0.125. The van der Waals surface area contributed by atoms with Crippen LogP contribution in [0.5, 0.6) is 0 Å². The standard InChI is InChI=1S/C21H28N2O4/c1-14(2)13-22-19(25)15-7-6-8-16(11-15)23-20(26)17-12-18(24)27-21(17)9-4-3-5-10-21/h6-8,11,14,17H,3-5,9-10,12-13H2,1-2H3,(H,22,25)(H,23,26). The zero-order valence-electron chi connectivity index (χ0n) is 16.0. The number of hydrogen-bond donors (Lipinski definition) is 2. The number of hydrogen-bond acceptors (Lipinski definition) is 4. The Balaban J connectivity index is 1.69. The Kier molecular flexibility index (Phi) is 5.82. The van der Waals surface area contributed by atoms with E-state index in [1.165, 1.54) is 0 Å². The molecular formula is C21H28N2O4. The van der Waals surface area contributed by atoms with E-state index in [1.54, 1.807) is 24.3 Å². The Hall–Kier alpha value is -2.37. The Labute approximate surface area is 160 Å². The van der Waals surface area contributed by atoms with E-state index < -0.39 is 11.5 Å². The molecule has 1 heterocycles. The number of carbonyl (C=O) groups is 3. The molecule has 0 aromatic heterocycles. The predicted octanol–water partition coefficient (Wildman–Crippen LogP) is 3.28. The van der Waals surface area contributed by atoms with Crippen LogP contribution in [0.2, 0.25) is 0 Å². The molecule has 1 saturated carbocycles. The molecule has 1 aliphatic heterocycles. The third-order valence-electron chi connectivity index (χ3n) is 5.40. The molecule has 6 heteroatoms. The third kappa shape index (κ3) is 4.49. The monoisotopic (exact) mass is 372 g/mol. The highest BCUT2D eigenvalue weighted by molar-refractivity contribution is 5.99. The third-order valence-corrected chi connectivity index (χ3v) is 5.40. The first-order valence-electron chi connectivity index (χ1n) is 9.80. The van der Waals surface area contributed by atoms with Crippen molar-refractivity contribution in [2.75, 3.05) is 11.9 Å². The molecule has 1 atom stereocenters. The number of esters is 1. The number of anilines is 1. The Morgan fingerprint density at radius 2 is 1.96 bits per heavy atom. The fourth-order valence-electron chi connectivity index (χ4n) is 3.99. The zero-order valence-corrected chi connectivity index (χ0v) is 16.0. The van der Waals surface area contributed by atoms with E-state index in [0.29, 0.717) is 23.7 Å². The molecule has 6 nitrogen and oxygen atoms in total. The first kappa shape index (κ1) is 19.4. The van der Waals surface area contributed by atoms with Gasteiger partial charge in [-0.2, -0.15) is 0 Å². The van der Waals surface area contributed by atoms with Crippen molar-refractivity contribution in [3.8, 4) is 0 Å². The van der Waals surface area contributed by atoms with Crippen LogP contribution < -0.4 is 10.6 Å². The molecule has 2 aliphatic rings. The highest BCUT2D eigenvalue weighted by Gasteiger charge is 2.52. The van der Waals surface area contributed by atoms with E-state index in [2.05, 4.69) is 10.6 Å². The van der Waals surface area contributed by atoms with Crippen LogP contribution in [0, 0.1) is 11.8 Å². The lowest BCUT2D eigenvalue weighted by Gasteiger charge is -2.36. The van der Waals surface area contributed by atoms with Crippen LogP contribution in [-0.4, -0.2) is 29.9 Å². The Morgan fingerprint density at radius 3 is 2.67 bits per heavy atom.